The Hall–Kier alpha value is -1.31. The van der Waals surface area contributed by atoms with E-state index in [0.717, 1.165) is 12.0 Å². The van der Waals surface area contributed by atoms with Crippen molar-refractivity contribution >= 4 is 5.71 Å². The molecule has 14 heavy (non-hydrogen) atoms. The van der Waals surface area contributed by atoms with E-state index in [2.05, 4.69) is 0 Å². The second kappa shape index (κ2) is 6.19. The number of phenolic OH excluding ortho intramolecular Hbond substituents is 1. The van der Waals surface area contributed by atoms with Crippen molar-refractivity contribution in [3.05, 3.63) is 29.3 Å². The van der Waals surface area contributed by atoms with Crippen LogP contribution in [0.3, 0.4) is 0 Å². The Morgan fingerprint density at radius 1 is 1.36 bits per heavy atom. The number of hydrogen-bond acceptors (Lipinski definition) is 2. The molecule has 2 N–H and O–H groups in total. The zero-order chi connectivity index (χ0) is 11.1. The fourth-order valence-corrected chi connectivity index (χ4v) is 1.11. The van der Waals surface area contributed by atoms with E-state index in [1.54, 1.807) is 19.1 Å². The fourth-order valence-electron chi connectivity index (χ4n) is 1.11. The third-order valence-electron chi connectivity index (χ3n) is 1.87. The minimum atomic E-state index is 0.210. The zero-order valence-corrected chi connectivity index (χ0v) is 9.39. The van der Waals surface area contributed by atoms with Crippen LogP contribution in [0.4, 0.5) is 0 Å². The number of aryl methyl sites for hydroxylation is 1. The first-order chi connectivity index (χ1) is 6.65. The summed E-state index contributed by atoms with van der Waals surface area (Å²) in [6.07, 6.45) is 0.908. The van der Waals surface area contributed by atoms with Gasteiger partial charge in [-0.2, -0.15) is 0 Å². The molecule has 0 aliphatic rings. The smallest absolute Gasteiger partial charge is 0.124 e. The van der Waals surface area contributed by atoms with E-state index < -0.39 is 0 Å². The quantitative estimate of drug-likeness (QED) is 0.695. The van der Waals surface area contributed by atoms with Crippen LogP contribution in [0.1, 0.15) is 38.8 Å². The molecular weight excluding hydrogens is 174 g/mol. The van der Waals surface area contributed by atoms with E-state index in [4.69, 9.17) is 5.41 Å². The molecule has 2 nitrogen and oxygen atoms in total. The van der Waals surface area contributed by atoms with Crippen LogP contribution in [0.15, 0.2) is 18.2 Å². The molecule has 1 aromatic rings. The van der Waals surface area contributed by atoms with Crippen LogP contribution in [0, 0.1) is 5.41 Å². The van der Waals surface area contributed by atoms with Crippen molar-refractivity contribution in [1.29, 1.82) is 5.41 Å². The summed E-state index contributed by atoms with van der Waals surface area (Å²) in [6, 6.07) is 5.44. The molecule has 0 aliphatic heterocycles. The number of nitrogens with one attached hydrogen (secondary N) is 1. The highest BCUT2D eigenvalue weighted by Crippen LogP contribution is 2.19. The van der Waals surface area contributed by atoms with Crippen LogP contribution in [0.5, 0.6) is 5.75 Å². The maximum atomic E-state index is 9.45. The van der Waals surface area contributed by atoms with Crippen molar-refractivity contribution in [3.8, 4) is 5.75 Å². The van der Waals surface area contributed by atoms with Crippen molar-refractivity contribution < 1.29 is 5.11 Å². The van der Waals surface area contributed by atoms with E-state index in [-0.39, 0.29) is 5.75 Å². The SMILES string of the molecule is CC.CCc1ccc(C(C)=N)c(O)c1. The van der Waals surface area contributed by atoms with Crippen molar-refractivity contribution in [2.24, 2.45) is 0 Å². The molecule has 0 spiro atoms. The predicted octanol–water partition coefficient (Wildman–Crippen LogP) is 3.37. The largest absolute Gasteiger partial charge is 0.507 e. The van der Waals surface area contributed by atoms with Crippen LogP contribution in [-0.4, -0.2) is 10.8 Å². The summed E-state index contributed by atoms with van der Waals surface area (Å²) in [4.78, 5) is 0. The molecule has 0 saturated heterocycles. The van der Waals surface area contributed by atoms with Crippen molar-refractivity contribution in [2.45, 2.75) is 34.1 Å². The van der Waals surface area contributed by atoms with Gasteiger partial charge in [-0.15, -0.1) is 0 Å². The molecule has 0 heterocycles. The Morgan fingerprint density at radius 3 is 2.29 bits per heavy atom. The van der Waals surface area contributed by atoms with Crippen LogP contribution in [0.25, 0.3) is 0 Å². The molecular formula is C12H19NO. The molecule has 0 amide bonds. The number of benzene rings is 1. The monoisotopic (exact) mass is 193 g/mol. The number of aromatic hydroxyl groups is 1. The van der Waals surface area contributed by atoms with E-state index >= 15 is 0 Å². The van der Waals surface area contributed by atoms with Gasteiger partial charge in [0.15, 0.2) is 0 Å². The molecule has 0 radical (unpaired) electrons. The lowest BCUT2D eigenvalue weighted by molar-refractivity contribution is 0.473. The van der Waals surface area contributed by atoms with Gasteiger partial charge in [0, 0.05) is 11.3 Å². The highest BCUT2D eigenvalue weighted by Gasteiger charge is 2.02. The average Bonchev–Trinajstić information content (AvgIpc) is 2.20. The molecule has 1 aromatic carbocycles. The van der Waals surface area contributed by atoms with Gasteiger partial charge in [0.05, 0.1) is 0 Å². The van der Waals surface area contributed by atoms with E-state index in [1.807, 2.05) is 26.8 Å². The van der Waals surface area contributed by atoms with E-state index in [0.29, 0.717) is 11.3 Å². The van der Waals surface area contributed by atoms with Crippen LogP contribution >= 0.6 is 0 Å². The fraction of sp³-hybridized carbons (Fsp3) is 0.417. The summed E-state index contributed by atoms with van der Waals surface area (Å²) < 4.78 is 0. The Bertz CT molecular complexity index is 305. The second-order valence-electron chi connectivity index (χ2n) is 2.83. The maximum Gasteiger partial charge on any atom is 0.124 e. The lowest BCUT2D eigenvalue weighted by atomic mass is 10.1. The van der Waals surface area contributed by atoms with Crippen molar-refractivity contribution in [3.63, 3.8) is 0 Å². The third kappa shape index (κ3) is 3.21. The Balaban J connectivity index is 0.000000791. The summed E-state index contributed by atoms with van der Waals surface area (Å²) in [5.41, 5.74) is 2.11. The van der Waals surface area contributed by atoms with Gasteiger partial charge in [-0.1, -0.05) is 26.8 Å². The van der Waals surface area contributed by atoms with Crippen LogP contribution in [-0.2, 0) is 6.42 Å². The molecule has 0 unspecified atom stereocenters. The van der Waals surface area contributed by atoms with Gasteiger partial charge >= 0.3 is 0 Å². The maximum absolute atomic E-state index is 9.45. The van der Waals surface area contributed by atoms with Gasteiger partial charge in [0.2, 0.25) is 0 Å². The lowest BCUT2D eigenvalue weighted by Gasteiger charge is -2.03. The molecule has 0 atom stereocenters. The number of phenols is 1. The van der Waals surface area contributed by atoms with E-state index in [9.17, 15) is 5.11 Å². The van der Waals surface area contributed by atoms with Crippen LogP contribution in [0.2, 0.25) is 0 Å². The summed E-state index contributed by atoms with van der Waals surface area (Å²) >= 11 is 0. The second-order valence-corrected chi connectivity index (χ2v) is 2.83. The Labute approximate surface area is 86.1 Å². The molecule has 1 rings (SSSR count). The molecule has 2 heteroatoms. The number of rotatable bonds is 2. The molecule has 78 valence electrons. The first-order valence-corrected chi connectivity index (χ1v) is 5.02. The number of hydrogen-bond donors (Lipinski definition) is 2. The van der Waals surface area contributed by atoms with Gasteiger partial charge in [-0.05, 0) is 31.0 Å². The highest BCUT2D eigenvalue weighted by molar-refractivity contribution is 5.98. The predicted molar refractivity (Wildman–Crippen MR) is 61.3 cm³/mol. The Morgan fingerprint density at radius 2 is 1.93 bits per heavy atom. The molecule has 0 fully saturated rings. The Kier molecular flexibility index (Phi) is 5.61. The summed E-state index contributed by atoms with van der Waals surface area (Å²) in [5, 5.41) is 16.8. The van der Waals surface area contributed by atoms with Gasteiger partial charge in [-0.3, -0.25) is 0 Å². The third-order valence-corrected chi connectivity index (χ3v) is 1.87. The molecule has 0 bridgehead atoms. The standard InChI is InChI=1S/C10H13NO.C2H6/c1-3-8-4-5-9(7(2)11)10(12)6-8;1-2/h4-6,11-12H,3H2,1-2H3;1-2H3. The van der Waals surface area contributed by atoms with Gasteiger partial charge in [0.1, 0.15) is 5.75 Å². The summed E-state index contributed by atoms with van der Waals surface area (Å²) in [5.74, 6) is 0.210. The van der Waals surface area contributed by atoms with Gasteiger partial charge in [-0.25, -0.2) is 0 Å². The molecule has 0 aliphatic carbocycles. The van der Waals surface area contributed by atoms with Gasteiger partial charge in [0.25, 0.3) is 0 Å². The van der Waals surface area contributed by atoms with Crippen LogP contribution < -0.4 is 0 Å². The highest BCUT2D eigenvalue weighted by atomic mass is 16.3. The zero-order valence-electron chi connectivity index (χ0n) is 9.39. The topological polar surface area (TPSA) is 44.1 Å². The molecule has 0 aromatic heterocycles. The molecule has 0 saturated carbocycles. The van der Waals surface area contributed by atoms with E-state index in [1.165, 1.54) is 0 Å². The van der Waals surface area contributed by atoms with Crippen molar-refractivity contribution in [1.82, 2.24) is 0 Å². The minimum absolute atomic E-state index is 0.210. The minimum Gasteiger partial charge on any atom is -0.507 e. The lowest BCUT2D eigenvalue weighted by Crippen LogP contribution is -1.93. The summed E-state index contributed by atoms with van der Waals surface area (Å²) in [7, 11) is 0. The van der Waals surface area contributed by atoms with Crippen molar-refractivity contribution in [2.75, 3.05) is 0 Å². The first-order valence-electron chi connectivity index (χ1n) is 5.02. The first kappa shape index (κ1) is 12.7. The normalized spacial score (nSPS) is 8.86. The van der Waals surface area contributed by atoms with Gasteiger partial charge < -0.3 is 10.5 Å². The summed E-state index contributed by atoms with van der Waals surface area (Å²) in [6.45, 7) is 7.70. The average molecular weight is 193 g/mol.